The first-order valence-corrected chi connectivity index (χ1v) is 17.9. The molecule has 2 aromatic carbocycles. The van der Waals surface area contributed by atoms with Gasteiger partial charge < -0.3 is 44.2 Å². The standard InChI is InChI=1S/C28H32N2O6.C12H21NO5/c1-28(2,3)36-27(32)30-24-15-19(13-21(24)26(31)34-5)35-25-16-22(17-9-7-6-8-10-17)29-23-14-18(33-4)11-12-20(23)25;1-12(2,3)18-11(16)13-9-6-7(14)5-8(9)10(15)17-4/h6-12,14,16,19,21,24H,13,15H2,1-5H3,(H,30,32);7-9,14H,5-6H2,1-4H3,(H,13,16)/t19-,21-,24+;7-,8+,9-/m10/s1. The topological polar surface area (TPSA) is 181 Å². The Morgan fingerprint density at radius 2 is 1.28 bits per heavy atom. The zero-order valence-electron chi connectivity index (χ0n) is 32.5. The van der Waals surface area contributed by atoms with Gasteiger partial charge in [-0.05, 0) is 72.9 Å². The molecule has 54 heavy (non-hydrogen) atoms. The molecule has 2 aliphatic carbocycles. The number of aromatic nitrogens is 1. The van der Waals surface area contributed by atoms with Gasteiger partial charge in [-0.15, -0.1) is 0 Å². The summed E-state index contributed by atoms with van der Waals surface area (Å²) >= 11 is 0. The zero-order chi connectivity index (χ0) is 39.8. The van der Waals surface area contributed by atoms with E-state index in [1.807, 2.05) is 54.6 Å². The van der Waals surface area contributed by atoms with E-state index in [1.165, 1.54) is 14.2 Å². The van der Waals surface area contributed by atoms with Crippen molar-refractivity contribution in [2.45, 2.75) is 103 Å². The Bertz CT molecular complexity index is 1770. The van der Waals surface area contributed by atoms with Crippen LogP contribution in [0.5, 0.6) is 11.5 Å². The molecule has 2 saturated carbocycles. The highest BCUT2D eigenvalue weighted by atomic mass is 16.6. The van der Waals surface area contributed by atoms with Gasteiger partial charge in [0, 0.05) is 41.6 Å². The second kappa shape index (κ2) is 17.8. The van der Waals surface area contributed by atoms with E-state index in [2.05, 4.69) is 15.4 Å². The van der Waals surface area contributed by atoms with Gasteiger partial charge in [-0.1, -0.05) is 30.3 Å². The number of pyridine rings is 1. The van der Waals surface area contributed by atoms with Crippen LogP contribution in [0.4, 0.5) is 9.59 Å². The Labute approximate surface area is 316 Å². The predicted octanol–water partition coefficient (Wildman–Crippen LogP) is 5.96. The number of hydrogen-bond donors (Lipinski definition) is 3. The number of amides is 2. The number of ether oxygens (including phenoxy) is 6. The summed E-state index contributed by atoms with van der Waals surface area (Å²) in [5, 5.41) is 15.8. The summed E-state index contributed by atoms with van der Waals surface area (Å²) in [7, 11) is 4.25. The quantitative estimate of drug-likeness (QED) is 0.182. The minimum absolute atomic E-state index is 0.299. The Balaban J connectivity index is 0.000000304. The van der Waals surface area contributed by atoms with Crippen molar-refractivity contribution in [3.63, 3.8) is 0 Å². The van der Waals surface area contributed by atoms with Gasteiger partial charge in [0.15, 0.2) is 0 Å². The van der Waals surface area contributed by atoms with E-state index in [0.29, 0.717) is 37.2 Å². The van der Waals surface area contributed by atoms with Gasteiger partial charge in [0.05, 0.1) is 50.5 Å². The third kappa shape index (κ3) is 11.7. The summed E-state index contributed by atoms with van der Waals surface area (Å²) in [5.74, 6) is -0.539. The molecule has 14 nitrogen and oxygen atoms in total. The van der Waals surface area contributed by atoms with E-state index in [1.54, 1.807) is 48.7 Å². The lowest BCUT2D eigenvalue weighted by Gasteiger charge is -2.23. The molecule has 5 rings (SSSR count). The molecular weight excluding hydrogens is 698 g/mol. The van der Waals surface area contributed by atoms with Crippen molar-refractivity contribution in [2.75, 3.05) is 21.3 Å². The second-order valence-corrected chi connectivity index (χ2v) is 15.4. The Hall–Kier alpha value is -5.11. The molecular formula is C40H53N3O11. The molecule has 0 bridgehead atoms. The number of esters is 2. The van der Waals surface area contributed by atoms with Crippen LogP contribution >= 0.6 is 0 Å². The Morgan fingerprint density at radius 1 is 0.722 bits per heavy atom. The van der Waals surface area contributed by atoms with Crippen LogP contribution in [0.1, 0.15) is 67.2 Å². The van der Waals surface area contributed by atoms with Gasteiger partial charge in [-0.2, -0.15) is 0 Å². The first kappa shape index (κ1) is 41.6. The largest absolute Gasteiger partial charge is 0.497 e. The first-order chi connectivity index (χ1) is 25.4. The van der Waals surface area contributed by atoms with Crippen LogP contribution in [0.25, 0.3) is 22.2 Å². The molecule has 0 unspecified atom stereocenters. The lowest BCUT2D eigenvalue weighted by molar-refractivity contribution is -0.146. The highest BCUT2D eigenvalue weighted by Gasteiger charge is 2.43. The van der Waals surface area contributed by atoms with Crippen molar-refractivity contribution in [1.82, 2.24) is 15.6 Å². The van der Waals surface area contributed by atoms with E-state index in [-0.39, 0.29) is 6.10 Å². The predicted molar refractivity (Wildman–Crippen MR) is 200 cm³/mol. The fraction of sp³-hybridized carbons (Fsp3) is 0.525. The average molecular weight is 752 g/mol. The SMILES string of the molecule is COC(=O)[C@@H]1C[C@@H](Oc2cc(-c3ccccc3)nc3cc(OC)ccc23)C[C@@H]1NC(=O)OC(C)(C)C.COC(=O)[C@@H]1C[C@H](O)C[C@@H]1NC(=O)OC(C)(C)C. The smallest absolute Gasteiger partial charge is 0.407 e. The van der Waals surface area contributed by atoms with Crippen molar-refractivity contribution in [3.8, 4) is 22.8 Å². The molecule has 1 aromatic heterocycles. The van der Waals surface area contributed by atoms with Gasteiger partial charge in [-0.25, -0.2) is 14.6 Å². The Kier molecular flexibility index (Phi) is 13.7. The molecule has 0 saturated heterocycles. The zero-order valence-corrected chi connectivity index (χ0v) is 32.5. The van der Waals surface area contributed by atoms with Crippen molar-refractivity contribution in [1.29, 1.82) is 0 Å². The number of rotatable bonds is 8. The van der Waals surface area contributed by atoms with Gasteiger partial charge >= 0.3 is 24.1 Å². The molecule has 3 N–H and O–H groups in total. The maximum absolute atomic E-state index is 12.5. The molecule has 2 amide bonds. The van der Waals surface area contributed by atoms with E-state index < -0.39 is 65.4 Å². The number of fused-ring (bicyclic) bond motifs is 1. The number of carbonyl (C=O) groups excluding carboxylic acids is 4. The van der Waals surface area contributed by atoms with Crippen LogP contribution in [0, 0.1) is 11.8 Å². The summed E-state index contributed by atoms with van der Waals surface area (Å²) in [6.07, 6.45) is -0.635. The molecule has 3 aromatic rings. The summed E-state index contributed by atoms with van der Waals surface area (Å²) in [6, 6.07) is 16.5. The normalized spacial score (nSPS) is 22.3. The number of nitrogens with zero attached hydrogens (tertiary/aromatic N) is 1. The highest BCUT2D eigenvalue weighted by molar-refractivity contribution is 5.89. The minimum Gasteiger partial charge on any atom is -0.497 e. The lowest BCUT2D eigenvalue weighted by atomic mass is 10.0. The molecule has 14 heteroatoms. The van der Waals surface area contributed by atoms with Crippen LogP contribution in [-0.2, 0) is 28.5 Å². The van der Waals surface area contributed by atoms with Crippen LogP contribution in [0.3, 0.4) is 0 Å². The molecule has 2 aliphatic rings. The van der Waals surface area contributed by atoms with Gasteiger partial charge in [0.1, 0.15) is 28.8 Å². The summed E-state index contributed by atoms with van der Waals surface area (Å²) in [6.45, 7) is 10.6. The summed E-state index contributed by atoms with van der Waals surface area (Å²) in [4.78, 5) is 52.9. The maximum atomic E-state index is 12.5. The van der Waals surface area contributed by atoms with Gasteiger partial charge in [0.2, 0.25) is 0 Å². The monoisotopic (exact) mass is 751 g/mol. The van der Waals surface area contributed by atoms with E-state index in [4.69, 9.17) is 28.7 Å². The molecule has 0 aliphatic heterocycles. The fourth-order valence-corrected chi connectivity index (χ4v) is 6.50. The lowest BCUT2D eigenvalue weighted by Crippen LogP contribution is -2.43. The fourth-order valence-electron chi connectivity index (χ4n) is 6.50. The maximum Gasteiger partial charge on any atom is 0.407 e. The number of hydrogen-bond acceptors (Lipinski definition) is 12. The molecule has 0 spiro atoms. The first-order valence-electron chi connectivity index (χ1n) is 17.9. The number of aliphatic hydroxyl groups excluding tert-OH is 1. The molecule has 294 valence electrons. The Morgan fingerprint density at radius 3 is 1.81 bits per heavy atom. The average Bonchev–Trinajstić information content (AvgIpc) is 3.67. The number of benzene rings is 2. The van der Waals surface area contributed by atoms with Crippen molar-refractivity contribution >= 4 is 35.0 Å². The van der Waals surface area contributed by atoms with Crippen molar-refractivity contribution in [2.24, 2.45) is 11.8 Å². The third-order valence-electron chi connectivity index (χ3n) is 8.81. The molecule has 0 radical (unpaired) electrons. The number of aliphatic hydroxyl groups is 1. The molecule has 6 atom stereocenters. The minimum atomic E-state index is -0.649. The van der Waals surface area contributed by atoms with Crippen molar-refractivity contribution in [3.05, 3.63) is 54.6 Å². The summed E-state index contributed by atoms with van der Waals surface area (Å²) < 4.78 is 32.0. The van der Waals surface area contributed by atoms with Crippen LogP contribution < -0.4 is 20.1 Å². The van der Waals surface area contributed by atoms with Crippen LogP contribution in [0.2, 0.25) is 0 Å². The molecule has 1 heterocycles. The van der Waals surface area contributed by atoms with Crippen LogP contribution in [-0.4, -0.2) is 91.0 Å². The number of carbonyl (C=O) groups is 4. The van der Waals surface area contributed by atoms with Gasteiger partial charge in [-0.3, -0.25) is 9.59 Å². The number of methoxy groups -OCH3 is 3. The second-order valence-electron chi connectivity index (χ2n) is 15.4. The van der Waals surface area contributed by atoms with Crippen LogP contribution in [0.15, 0.2) is 54.6 Å². The highest BCUT2D eigenvalue weighted by Crippen LogP contribution is 2.37. The number of nitrogens with one attached hydrogen (secondary N) is 2. The van der Waals surface area contributed by atoms with Gasteiger partial charge in [0.25, 0.3) is 0 Å². The van der Waals surface area contributed by atoms with E-state index in [9.17, 15) is 24.3 Å². The third-order valence-corrected chi connectivity index (χ3v) is 8.81. The van der Waals surface area contributed by atoms with E-state index in [0.717, 1.165) is 22.2 Å². The van der Waals surface area contributed by atoms with E-state index >= 15 is 0 Å². The van der Waals surface area contributed by atoms with Crippen molar-refractivity contribution < 1.29 is 52.7 Å². The number of alkyl carbamates (subject to hydrolysis) is 2. The summed E-state index contributed by atoms with van der Waals surface area (Å²) in [5.41, 5.74) is 1.20. The molecule has 2 fully saturated rings.